The van der Waals surface area contributed by atoms with Crippen LogP contribution < -0.4 is 10.9 Å². The van der Waals surface area contributed by atoms with Crippen molar-refractivity contribution >= 4 is 57.6 Å². The third-order valence-electron chi connectivity index (χ3n) is 3.98. The number of amides is 1. The lowest BCUT2D eigenvalue weighted by molar-refractivity contribution is -0.113. The van der Waals surface area contributed by atoms with Gasteiger partial charge < -0.3 is 5.32 Å². The van der Waals surface area contributed by atoms with Crippen molar-refractivity contribution in [2.24, 2.45) is 7.05 Å². The number of aryl methyl sites for hydroxylation is 1. The van der Waals surface area contributed by atoms with Crippen molar-refractivity contribution in [3.63, 3.8) is 0 Å². The number of hydrogen-bond acceptors (Lipinski definition) is 5. The summed E-state index contributed by atoms with van der Waals surface area (Å²) in [6.07, 6.45) is 1.43. The number of carbonyl (C=O) groups is 1. The second kappa shape index (κ2) is 7.88. The number of anilines is 1. The van der Waals surface area contributed by atoms with Crippen LogP contribution in [0.4, 0.5) is 5.82 Å². The highest BCUT2D eigenvalue weighted by Gasteiger charge is 2.14. The number of thioether (sulfide) groups is 1. The van der Waals surface area contributed by atoms with Crippen LogP contribution in [0.5, 0.6) is 0 Å². The summed E-state index contributed by atoms with van der Waals surface area (Å²) in [6, 6.07) is 5.51. The van der Waals surface area contributed by atoms with E-state index in [2.05, 4.69) is 15.3 Å². The van der Waals surface area contributed by atoms with E-state index < -0.39 is 0 Å². The summed E-state index contributed by atoms with van der Waals surface area (Å²) in [6.45, 7) is 3.66. The fourth-order valence-electron chi connectivity index (χ4n) is 2.44. The third kappa shape index (κ3) is 4.10. The Labute approximate surface area is 169 Å². The van der Waals surface area contributed by atoms with Crippen LogP contribution in [0.1, 0.15) is 11.1 Å². The van der Waals surface area contributed by atoms with Crippen LogP contribution in [-0.4, -0.2) is 26.2 Å². The highest BCUT2D eigenvalue weighted by atomic mass is 35.5. The molecule has 0 fully saturated rings. The number of nitrogens with zero attached hydrogens (tertiary/aromatic N) is 3. The van der Waals surface area contributed by atoms with E-state index in [0.29, 0.717) is 31.7 Å². The first-order valence-corrected chi connectivity index (χ1v) is 9.72. The molecule has 0 aliphatic heterocycles. The fraction of sp³-hybridized carbons (Fsp3) is 0.222. The second-order valence-corrected chi connectivity index (χ2v) is 7.74. The van der Waals surface area contributed by atoms with Gasteiger partial charge in [0, 0.05) is 13.2 Å². The maximum absolute atomic E-state index is 12.5. The van der Waals surface area contributed by atoms with Crippen LogP contribution in [0.25, 0.3) is 10.9 Å². The van der Waals surface area contributed by atoms with Gasteiger partial charge in [0.1, 0.15) is 0 Å². The molecule has 2 heterocycles. The molecule has 1 N–H and O–H groups in total. The Morgan fingerprint density at radius 2 is 2.04 bits per heavy atom. The van der Waals surface area contributed by atoms with Crippen LogP contribution in [-0.2, 0) is 11.8 Å². The zero-order chi connectivity index (χ0) is 19.7. The van der Waals surface area contributed by atoms with Crippen molar-refractivity contribution in [1.82, 2.24) is 14.5 Å². The van der Waals surface area contributed by atoms with Crippen LogP contribution in [0.3, 0.4) is 0 Å². The van der Waals surface area contributed by atoms with Crippen molar-refractivity contribution in [2.45, 2.75) is 19.0 Å². The largest absolute Gasteiger partial charge is 0.309 e. The maximum atomic E-state index is 12.5. The predicted molar refractivity (Wildman–Crippen MR) is 110 cm³/mol. The van der Waals surface area contributed by atoms with Gasteiger partial charge in [-0.3, -0.25) is 14.2 Å². The summed E-state index contributed by atoms with van der Waals surface area (Å²) in [5, 5.41) is 4.39. The average molecular weight is 423 g/mol. The van der Waals surface area contributed by atoms with Crippen LogP contribution in [0, 0.1) is 13.8 Å². The first-order chi connectivity index (χ1) is 12.8. The first kappa shape index (κ1) is 19.7. The lowest BCUT2D eigenvalue weighted by Gasteiger charge is -2.10. The summed E-state index contributed by atoms with van der Waals surface area (Å²) in [4.78, 5) is 33.3. The van der Waals surface area contributed by atoms with E-state index in [1.165, 1.54) is 10.8 Å². The number of nitrogens with one attached hydrogen (secondary N) is 1. The lowest BCUT2D eigenvalue weighted by atomic mass is 10.2. The fourth-order valence-corrected chi connectivity index (χ4v) is 3.60. The number of fused-ring (bicyclic) bond motifs is 1. The van der Waals surface area contributed by atoms with E-state index in [9.17, 15) is 9.59 Å². The van der Waals surface area contributed by atoms with Gasteiger partial charge in [-0.25, -0.2) is 9.97 Å². The van der Waals surface area contributed by atoms with E-state index in [1.807, 2.05) is 19.1 Å². The quantitative estimate of drug-likeness (QED) is 0.508. The third-order valence-corrected chi connectivity index (χ3v) is 5.86. The Bertz CT molecular complexity index is 1110. The number of benzene rings is 1. The Hall–Kier alpha value is -2.09. The lowest BCUT2D eigenvalue weighted by Crippen LogP contribution is -2.21. The second-order valence-electron chi connectivity index (χ2n) is 6.01. The molecule has 2 aromatic heterocycles. The zero-order valence-corrected chi connectivity index (χ0v) is 17.2. The zero-order valence-electron chi connectivity index (χ0n) is 14.8. The number of halogens is 2. The monoisotopic (exact) mass is 422 g/mol. The first-order valence-electron chi connectivity index (χ1n) is 7.98. The van der Waals surface area contributed by atoms with Gasteiger partial charge in [-0.15, -0.1) is 0 Å². The molecule has 0 spiro atoms. The van der Waals surface area contributed by atoms with Gasteiger partial charge in [-0.1, -0.05) is 46.6 Å². The van der Waals surface area contributed by atoms with Crippen LogP contribution >= 0.6 is 35.0 Å². The van der Waals surface area contributed by atoms with Crippen molar-refractivity contribution in [3.8, 4) is 0 Å². The summed E-state index contributed by atoms with van der Waals surface area (Å²) in [5.74, 6) is -0.00786. The molecule has 0 atom stereocenters. The summed E-state index contributed by atoms with van der Waals surface area (Å²) in [7, 11) is 1.64. The molecule has 0 unspecified atom stereocenters. The molecular weight excluding hydrogens is 407 g/mol. The van der Waals surface area contributed by atoms with Gasteiger partial charge in [0.15, 0.2) is 11.0 Å². The minimum absolute atomic E-state index is 0.0529. The highest BCUT2D eigenvalue weighted by molar-refractivity contribution is 7.99. The molecule has 0 saturated heterocycles. The van der Waals surface area contributed by atoms with Gasteiger partial charge in [0.25, 0.3) is 5.56 Å². The summed E-state index contributed by atoms with van der Waals surface area (Å²) >= 11 is 13.3. The smallest absolute Gasteiger partial charge is 0.261 e. The minimum atomic E-state index is -0.311. The molecule has 140 valence electrons. The molecule has 9 heteroatoms. The van der Waals surface area contributed by atoms with E-state index in [1.54, 1.807) is 20.0 Å². The number of carbonyl (C=O) groups excluding carboxylic acids is 1. The Kier molecular flexibility index (Phi) is 5.74. The van der Waals surface area contributed by atoms with Gasteiger partial charge in [0.2, 0.25) is 5.91 Å². The normalized spacial score (nSPS) is 11.0. The molecular formula is C18H16Cl2N4O2S. The predicted octanol–water partition coefficient (Wildman–Crippen LogP) is 3.98. The van der Waals surface area contributed by atoms with E-state index >= 15 is 0 Å². The molecule has 27 heavy (non-hydrogen) atoms. The molecule has 0 saturated carbocycles. The number of hydrogen-bond donors (Lipinski definition) is 1. The van der Waals surface area contributed by atoms with Crippen molar-refractivity contribution in [1.29, 1.82) is 0 Å². The molecule has 0 bridgehead atoms. The minimum Gasteiger partial charge on any atom is -0.309 e. The molecule has 0 aliphatic carbocycles. The summed E-state index contributed by atoms with van der Waals surface area (Å²) in [5.41, 5.74) is 2.09. The van der Waals surface area contributed by atoms with Gasteiger partial charge in [-0.05, 0) is 31.5 Å². The molecule has 1 amide bonds. The SMILES string of the molecule is Cc1ccc2nc(SCC(=O)Nc3ncc(Cl)c(C)c3Cl)n(C)c(=O)c2c1. The van der Waals surface area contributed by atoms with Crippen molar-refractivity contribution in [2.75, 3.05) is 11.1 Å². The maximum Gasteiger partial charge on any atom is 0.261 e. The van der Waals surface area contributed by atoms with E-state index in [0.717, 1.165) is 17.3 Å². The standard InChI is InChI=1S/C18H16Cl2N4O2S/c1-9-4-5-13-11(6-9)17(26)24(3)18(22-13)27-8-14(25)23-16-15(20)10(2)12(19)7-21-16/h4-7H,8H2,1-3H3,(H,21,23,25). The highest BCUT2D eigenvalue weighted by Crippen LogP contribution is 2.28. The van der Waals surface area contributed by atoms with Crippen LogP contribution in [0.2, 0.25) is 10.0 Å². The molecule has 0 radical (unpaired) electrons. The molecule has 3 aromatic rings. The van der Waals surface area contributed by atoms with Gasteiger partial charge in [0.05, 0.1) is 26.7 Å². The van der Waals surface area contributed by atoms with E-state index in [4.69, 9.17) is 23.2 Å². The molecule has 6 nitrogen and oxygen atoms in total. The molecule has 0 aliphatic rings. The van der Waals surface area contributed by atoms with Gasteiger partial charge >= 0.3 is 0 Å². The van der Waals surface area contributed by atoms with Crippen molar-refractivity contribution in [3.05, 3.63) is 55.9 Å². The van der Waals surface area contributed by atoms with Crippen LogP contribution in [0.15, 0.2) is 34.3 Å². The number of pyridine rings is 1. The summed E-state index contributed by atoms with van der Waals surface area (Å²) < 4.78 is 1.44. The van der Waals surface area contributed by atoms with Gasteiger partial charge in [-0.2, -0.15) is 0 Å². The number of rotatable bonds is 4. The molecule has 3 rings (SSSR count). The Balaban J connectivity index is 1.78. The van der Waals surface area contributed by atoms with E-state index in [-0.39, 0.29) is 23.0 Å². The topological polar surface area (TPSA) is 76.9 Å². The number of aromatic nitrogens is 3. The molecule has 1 aromatic carbocycles. The average Bonchev–Trinajstić information content (AvgIpc) is 2.64. The van der Waals surface area contributed by atoms with Crippen molar-refractivity contribution < 1.29 is 4.79 Å². The Morgan fingerprint density at radius 1 is 1.30 bits per heavy atom. The Morgan fingerprint density at radius 3 is 2.78 bits per heavy atom.